The number of aryl methyl sites for hydroxylation is 2. The lowest BCUT2D eigenvalue weighted by atomic mass is 9.93. The van der Waals surface area contributed by atoms with E-state index in [0.717, 1.165) is 53.7 Å². The molecule has 4 heterocycles. The van der Waals surface area contributed by atoms with E-state index in [2.05, 4.69) is 36.8 Å². The molecular weight excluding hydrogens is 408 g/mol. The summed E-state index contributed by atoms with van der Waals surface area (Å²) in [4.78, 5) is 4.66. The van der Waals surface area contributed by atoms with Gasteiger partial charge < -0.3 is 14.8 Å². The van der Waals surface area contributed by atoms with E-state index < -0.39 is 0 Å². The summed E-state index contributed by atoms with van der Waals surface area (Å²) in [6.45, 7) is 0. The highest BCUT2D eigenvalue weighted by Crippen LogP contribution is 2.29. The smallest absolute Gasteiger partial charge is 0.233 e. The van der Waals surface area contributed by atoms with Gasteiger partial charge in [0.25, 0.3) is 0 Å². The molecule has 1 aliphatic rings. The summed E-state index contributed by atoms with van der Waals surface area (Å²) in [5.74, 6) is 1.88. The van der Waals surface area contributed by atoms with Crippen molar-refractivity contribution in [3.8, 4) is 23.0 Å². The molecule has 32 heavy (non-hydrogen) atoms. The van der Waals surface area contributed by atoms with Crippen molar-refractivity contribution < 1.29 is 9.47 Å². The Balaban J connectivity index is 1.22. The molecule has 10 nitrogen and oxygen atoms in total. The minimum Gasteiger partial charge on any atom is -0.480 e. The number of pyridine rings is 1. The van der Waals surface area contributed by atoms with Crippen LogP contribution in [0.25, 0.3) is 22.2 Å². The Bertz CT molecular complexity index is 1210. The van der Waals surface area contributed by atoms with Crippen LogP contribution in [-0.4, -0.2) is 54.0 Å². The van der Waals surface area contributed by atoms with E-state index in [4.69, 9.17) is 9.47 Å². The predicted octanol–water partition coefficient (Wildman–Crippen LogP) is 2.97. The first-order valence-corrected chi connectivity index (χ1v) is 10.7. The molecule has 1 aliphatic carbocycles. The Kier molecular flexibility index (Phi) is 5.34. The highest BCUT2D eigenvalue weighted by Gasteiger charge is 2.23. The molecule has 10 heteroatoms. The lowest BCUT2D eigenvalue weighted by Crippen LogP contribution is -2.31. The Labute approximate surface area is 185 Å². The van der Waals surface area contributed by atoms with Crippen molar-refractivity contribution in [1.29, 1.82) is 0 Å². The monoisotopic (exact) mass is 434 g/mol. The summed E-state index contributed by atoms with van der Waals surface area (Å²) in [7, 11) is 5.43. The maximum Gasteiger partial charge on any atom is 0.233 e. The molecular formula is C22H26N8O2. The third kappa shape index (κ3) is 4.08. The third-order valence-corrected chi connectivity index (χ3v) is 5.85. The average Bonchev–Trinajstić information content (AvgIpc) is 3.38. The second-order valence-corrected chi connectivity index (χ2v) is 8.11. The number of anilines is 1. The predicted molar refractivity (Wildman–Crippen MR) is 120 cm³/mol. The topological polar surface area (TPSA) is 105 Å². The zero-order valence-corrected chi connectivity index (χ0v) is 18.4. The van der Waals surface area contributed by atoms with Crippen molar-refractivity contribution in [3.63, 3.8) is 0 Å². The van der Waals surface area contributed by atoms with Crippen molar-refractivity contribution >= 4 is 16.7 Å². The van der Waals surface area contributed by atoms with Gasteiger partial charge in [-0.15, -0.1) is 10.2 Å². The normalized spacial score (nSPS) is 18.6. The number of aromatic nitrogens is 7. The molecule has 1 saturated carbocycles. The summed E-state index contributed by atoms with van der Waals surface area (Å²) in [5, 5.41) is 21.6. The summed E-state index contributed by atoms with van der Waals surface area (Å²) in [6, 6.07) is 5.98. The van der Waals surface area contributed by atoms with Gasteiger partial charge in [0.2, 0.25) is 11.8 Å². The van der Waals surface area contributed by atoms with Crippen LogP contribution >= 0.6 is 0 Å². The molecule has 5 rings (SSSR count). The summed E-state index contributed by atoms with van der Waals surface area (Å²) in [6.07, 6.45) is 9.72. The summed E-state index contributed by atoms with van der Waals surface area (Å²) in [5.41, 5.74) is 2.92. The molecule has 0 bridgehead atoms. The first kappa shape index (κ1) is 20.2. The Hall–Kier alpha value is -3.69. The van der Waals surface area contributed by atoms with Crippen molar-refractivity contribution in [2.45, 2.75) is 37.8 Å². The molecule has 0 saturated heterocycles. The molecule has 1 fully saturated rings. The molecule has 0 unspecified atom stereocenters. The van der Waals surface area contributed by atoms with Crippen LogP contribution in [0.15, 0.2) is 36.8 Å². The number of hydrogen-bond acceptors (Lipinski definition) is 8. The van der Waals surface area contributed by atoms with Crippen LogP contribution in [0.3, 0.4) is 0 Å². The minimum absolute atomic E-state index is 0.144. The Morgan fingerprint density at radius 3 is 2.50 bits per heavy atom. The molecule has 0 amide bonds. The average molecular weight is 435 g/mol. The van der Waals surface area contributed by atoms with Crippen molar-refractivity contribution in [2.24, 2.45) is 14.1 Å². The van der Waals surface area contributed by atoms with Crippen LogP contribution in [0, 0.1) is 0 Å². The van der Waals surface area contributed by atoms with E-state index in [0.29, 0.717) is 17.8 Å². The molecule has 166 valence electrons. The quantitative estimate of drug-likeness (QED) is 0.494. The Morgan fingerprint density at radius 2 is 1.81 bits per heavy atom. The van der Waals surface area contributed by atoms with Gasteiger partial charge in [0.15, 0.2) is 0 Å². The number of fused-ring (bicyclic) bond motifs is 1. The maximum absolute atomic E-state index is 5.98. The standard InChI is InChI=1S/C22H26N8O2/c1-29-13-14(11-24-29)22-17-12-23-19(10-18(17)30(2)28-22)25-15-4-6-16(7-5-15)32-21-9-8-20(31-3)26-27-21/h8-13,15-16H,4-7H2,1-3H3,(H,23,25). The minimum atomic E-state index is 0.144. The molecule has 1 N–H and O–H groups in total. The molecule has 4 aromatic rings. The molecule has 0 radical (unpaired) electrons. The third-order valence-electron chi connectivity index (χ3n) is 5.85. The van der Waals surface area contributed by atoms with Crippen LogP contribution in [0.4, 0.5) is 5.82 Å². The fraction of sp³-hybridized carbons (Fsp3) is 0.409. The van der Waals surface area contributed by atoms with Gasteiger partial charge in [-0.3, -0.25) is 9.36 Å². The highest BCUT2D eigenvalue weighted by molar-refractivity contribution is 5.93. The van der Waals surface area contributed by atoms with Gasteiger partial charge in [-0.1, -0.05) is 0 Å². The van der Waals surface area contributed by atoms with Gasteiger partial charge in [0, 0.05) is 61.7 Å². The number of nitrogens with one attached hydrogen (secondary N) is 1. The molecule has 0 aromatic carbocycles. The molecule has 0 spiro atoms. The summed E-state index contributed by atoms with van der Waals surface area (Å²) < 4.78 is 14.7. The maximum atomic E-state index is 5.98. The van der Waals surface area contributed by atoms with Crippen LogP contribution in [-0.2, 0) is 14.1 Å². The van der Waals surface area contributed by atoms with Gasteiger partial charge >= 0.3 is 0 Å². The number of methoxy groups -OCH3 is 1. The molecule has 0 atom stereocenters. The lowest BCUT2D eigenvalue weighted by Gasteiger charge is -2.29. The van der Waals surface area contributed by atoms with E-state index in [1.54, 1.807) is 23.9 Å². The van der Waals surface area contributed by atoms with E-state index in [1.165, 1.54) is 0 Å². The second-order valence-electron chi connectivity index (χ2n) is 8.11. The van der Waals surface area contributed by atoms with Gasteiger partial charge in [0.1, 0.15) is 17.6 Å². The van der Waals surface area contributed by atoms with Crippen LogP contribution < -0.4 is 14.8 Å². The van der Waals surface area contributed by atoms with E-state index in [1.807, 2.05) is 37.4 Å². The summed E-state index contributed by atoms with van der Waals surface area (Å²) >= 11 is 0. The van der Waals surface area contributed by atoms with Crippen LogP contribution in [0.2, 0.25) is 0 Å². The van der Waals surface area contributed by atoms with E-state index in [9.17, 15) is 0 Å². The van der Waals surface area contributed by atoms with Crippen molar-refractivity contribution in [2.75, 3.05) is 12.4 Å². The highest BCUT2D eigenvalue weighted by atomic mass is 16.5. The van der Waals surface area contributed by atoms with E-state index >= 15 is 0 Å². The fourth-order valence-electron chi connectivity index (χ4n) is 4.17. The molecule has 4 aromatic heterocycles. The molecule has 0 aliphatic heterocycles. The van der Waals surface area contributed by atoms with Crippen LogP contribution in [0.1, 0.15) is 25.7 Å². The zero-order chi connectivity index (χ0) is 22.1. The first-order valence-electron chi connectivity index (χ1n) is 10.7. The number of hydrogen-bond donors (Lipinski definition) is 1. The Morgan fingerprint density at radius 1 is 1.03 bits per heavy atom. The largest absolute Gasteiger partial charge is 0.480 e. The number of ether oxygens (including phenoxy) is 2. The van der Waals surface area contributed by atoms with Gasteiger partial charge in [-0.05, 0) is 25.7 Å². The van der Waals surface area contributed by atoms with Crippen LogP contribution in [0.5, 0.6) is 11.8 Å². The fourth-order valence-corrected chi connectivity index (χ4v) is 4.17. The first-order chi connectivity index (χ1) is 15.6. The zero-order valence-electron chi connectivity index (χ0n) is 18.4. The second kappa shape index (κ2) is 8.45. The van der Waals surface area contributed by atoms with Crippen molar-refractivity contribution in [1.82, 2.24) is 34.7 Å². The number of rotatable bonds is 6. The van der Waals surface area contributed by atoms with E-state index in [-0.39, 0.29) is 6.10 Å². The van der Waals surface area contributed by atoms with Gasteiger partial charge in [0.05, 0.1) is 18.8 Å². The van der Waals surface area contributed by atoms with Crippen molar-refractivity contribution in [3.05, 3.63) is 36.8 Å². The number of nitrogens with zero attached hydrogens (tertiary/aromatic N) is 7. The SMILES string of the molecule is COc1ccc(OC2CCC(Nc3cc4c(cn3)c(-c3cnn(C)c3)nn4C)CC2)nn1. The van der Waals surface area contributed by atoms with Gasteiger partial charge in [-0.25, -0.2) is 4.98 Å². The lowest BCUT2D eigenvalue weighted by molar-refractivity contribution is 0.142. The van der Waals surface area contributed by atoms with Gasteiger partial charge in [-0.2, -0.15) is 10.2 Å².